The molecule has 0 aromatic carbocycles. The van der Waals surface area contributed by atoms with Crippen LogP contribution in [0.3, 0.4) is 0 Å². The van der Waals surface area contributed by atoms with E-state index in [0.717, 1.165) is 48.4 Å². The van der Waals surface area contributed by atoms with Crippen LogP contribution in [0.4, 0.5) is 0 Å². The van der Waals surface area contributed by atoms with Gasteiger partial charge in [-0.3, -0.25) is 4.79 Å². The zero-order chi connectivity index (χ0) is 16.8. The molecule has 24 heavy (non-hydrogen) atoms. The summed E-state index contributed by atoms with van der Waals surface area (Å²) in [6.07, 6.45) is 3.48. The van der Waals surface area contributed by atoms with Crippen molar-refractivity contribution in [3.05, 3.63) is 33.0 Å². The van der Waals surface area contributed by atoms with Crippen LogP contribution in [0.25, 0.3) is 0 Å². The second kappa shape index (κ2) is 5.99. The highest BCUT2D eigenvalue weighted by atomic mass is 32.1. The summed E-state index contributed by atoms with van der Waals surface area (Å²) in [6.45, 7) is 8.66. The molecule has 4 rings (SSSR count). The summed E-state index contributed by atoms with van der Waals surface area (Å²) >= 11 is 1.70. The molecule has 128 valence electrons. The maximum absolute atomic E-state index is 12.9. The number of hydrogen-bond donors (Lipinski definition) is 0. The van der Waals surface area contributed by atoms with Crippen LogP contribution in [0, 0.1) is 5.92 Å². The summed E-state index contributed by atoms with van der Waals surface area (Å²) in [6, 6.07) is 2.14. The predicted molar refractivity (Wildman–Crippen MR) is 94.4 cm³/mol. The van der Waals surface area contributed by atoms with E-state index < -0.39 is 0 Å². The van der Waals surface area contributed by atoms with Gasteiger partial charge in [-0.1, -0.05) is 20.8 Å². The van der Waals surface area contributed by atoms with E-state index in [4.69, 9.17) is 0 Å². The molecule has 1 aliphatic heterocycles. The van der Waals surface area contributed by atoms with Gasteiger partial charge in [0.25, 0.3) is 5.91 Å². The van der Waals surface area contributed by atoms with Crippen LogP contribution >= 0.6 is 11.3 Å². The molecule has 0 unspecified atom stereocenters. The molecular weight excluding hydrogens is 320 g/mol. The Morgan fingerprint density at radius 2 is 2.17 bits per heavy atom. The van der Waals surface area contributed by atoms with Crippen molar-refractivity contribution in [3.8, 4) is 0 Å². The van der Waals surface area contributed by atoms with E-state index in [1.807, 2.05) is 4.90 Å². The van der Waals surface area contributed by atoms with Crippen molar-refractivity contribution >= 4 is 17.2 Å². The average Bonchev–Trinajstić information content (AvgIpc) is 3.16. The van der Waals surface area contributed by atoms with Crippen molar-refractivity contribution < 1.29 is 4.79 Å². The summed E-state index contributed by atoms with van der Waals surface area (Å²) in [5, 5.41) is 8.60. The van der Waals surface area contributed by atoms with Gasteiger partial charge in [0, 0.05) is 23.9 Å². The highest BCUT2D eigenvalue weighted by Crippen LogP contribution is 2.33. The minimum atomic E-state index is 0.155. The molecule has 1 atom stereocenters. The zero-order valence-electron chi connectivity index (χ0n) is 14.6. The van der Waals surface area contributed by atoms with Crippen LogP contribution in [0.5, 0.6) is 0 Å². The number of hydrogen-bond acceptors (Lipinski definition) is 4. The Bertz CT molecular complexity index is 776. The van der Waals surface area contributed by atoms with Crippen LogP contribution in [0.15, 0.2) is 6.07 Å². The SMILES string of the molecule is CC(C)c1nnc2n1CCN(C(=O)c1cc3c(s1)CC[C@@H](C)C3)C2. The predicted octanol–water partition coefficient (Wildman–Crippen LogP) is 3.24. The Labute approximate surface area is 146 Å². The molecule has 0 bridgehead atoms. The van der Waals surface area contributed by atoms with Gasteiger partial charge in [0.05, 0.1) is 11.4 Å². The molecule has 1 aliphatic carbocycles. The van der Waals surface area contributed by atoms with E-state index in [1.165, 1.54) is 16.9 Å². The van der Waals surface area contributed by atoms with Crippen LogP contribution in [-0.2, 0) is 25.9 Å². The lowest BCUT2D eigenvalue weighted by molar-refractivity contribution is 0.0711. The molecule has 0 fully saturated rings. The second-order valence-electron chi connectivity index (χ2n) is 7.41. The molecule has 2 aromatic heterocycles. The number of amides is 1. The first-order valence-electron chi connectivity index (χ1n) is 8.85. The standard InChI is InChI=1S/C18H24N4OS/c1-11(2)17-20-19-16-10-21(6-7-22(16)17)18(23)15-9-13-8-12(3)4-5-14(13)24-15/h9,11-12H,4-8,10H2,1-3H3/t12-/m1/s1. The fourth-order valence-corrected chi connectivity index (χ4v) is 4.92. The zero-order valence-corrected chi connectivity index (χ0v) is 15.4. The molecule has 5 nitrogen and oxygen atoms in total. The Morgan fingerprint density at radius 1 is 1.33 bits per heavy atom. The largest absolute Gasteiger partial charge is 0.329 e. The molecule has 6 heteroatoms. The summed E-state index contributed by atoms with van der Waals surface area (Å²) in [5.74, 6) is 3.19. The second-order valence-corrected chi connectivity index (χ2v) is 8.55. The Hall–Kier alpha value is -1.69. The van der Waals surface area contributed by atoms with Crippen molar-refractivity contribution in [2.75, 3.05) is 6.54 Å². The van der Waals surface area contributed by atoms with E-state index in [0.29, 0.717) is 12.5 Å². The number of thiophene rings is 1. The number of rotatable bonds is 2. The topological polar surface area (TPSA) is 51.0 Å². The lowest BCUT2D eigenvalue weighted by Gasteiger charge is -2.27. The minimum absolute atomic E-state index is 0.155. The van der Waals surface area contributed by atoms with Gasteiger partial charge in [0.2, 0.25) is 0 Å². The smallest absolute Gasteiger partial charge is 0.264 e. The number of nitrogens with zero attached hydrogens (tertiary/aromatic N) is 4. The molecule has 0 spiro atoms. The average molecular weight is 344 g/mol. The van der Waals surface area contributed by atoms with E-state index in [9.17, 15) is 4.79 Å². The van der Waals surface area contributed by atoms with Crippen molar-refractivity contribution in [3.63, 3.8) is 0 Å². The quantitative estimate of drug-likeness (QED) is 0.840. The first kappa shape index (κ1) is 15.8. The number of fused-ring (bicyclic) bond motifs is 2. The molecular formula is C18H24N4OS. The summed E-state index contributed by atoms with van der Waals surface area (Å²) in [5.41, 5.74) is 1.39. The van der Waals surface area contributed by atoms with Gasteiger partial charge < -0.3 is 9.47 Å². The van der Waals surface area contributed by atoms with Gasteiger partial charge in [0.1, 0.15) is 5.82 Å². The molecule has 0 saturated heterocycles. The third-order valence-corrected chi connectivity index (χ3v) is 6.35. The maximum Gasteiger partial charge on any atom is 0.264 e. The molecule has 0 N–H and O–H groups in total. The maximum atomic E-state index is 12.9. The van der Waals surface area contributed by atoms with Gasteiger partial charge in [-0.05, 0) is 36.8 Å². The number of aromatic nitrogens is 3. The van der Waals surface area contributed by atoms with E-state index in [2.05, 4.69) is 41.6 Å². The Balaban J connectivity index is 1.54. The monoisotopic (exact) mass is 344 g/mol. The van der Waals surface area contributed by atoms with E-state index in [1.54, 1.807) is 11.3 Å². The van der Waals surface area contributed by atoms with Gasteiger partial charge in [0.15, 0.2) is 5.82 Å². The normalized spacial score (nSPS) is 20.2. The van der Waals surface area contributed by atoms with Gasteiger partial charge in [-0.25, -0.2) is 0 Å². The summed E-state index contributed by atoms with van der Waals surface area (Å²) < 4.78 is 2.18. The highest BCUT2D eigenvalue weighted by Gasteiger charge is 2.28. The van der Waals surface area contributed by atoms with Crippen LogP contribution < -0.4 is 0 Å². The summed E-state index contributed by atoms with van der Waals surface area (Å²) in [7, 11) is 0. The first-order valence-corrected chi connectivity index (χ1v) is 9.67. The summed E-state index contributed by atoms with van der Waals surface area (Å²) in [4.78, 5) is 17.2. The fraction of sp³-hybridized carbons (Fsp3) is 0.611. The highest BCUT2D eigenvalue weighted by molar-refractivity contribution is 7.14. The minimum Gasteiger partial charge on any atom is -0.329 e. The van der Waals surface area contributed by atoms with Crippen molar-refractivity contribution in [2.45, 2.75) is 59.0 Å². The lowest BCUT2D eigenvalue weighted by Crippen LogP contribution is -2.38. The third-order valence-electron chi connectivity index (χ3n) is 5.13. The fourth-order valence-electron chi connectivity index (χ4n) is 3.75. The van der Waals surface area contributed by atoms with Crippen molar-refractivity contribution in [1.29, 1.82) is 0 Å². The Kier molecular flexibility index (Phi) is 3.95. The van der Waals surface area contributed by atoms with Crippen LogP contribution in [-0.4, -0.2) is 32.1 Å². The van der Waals surface area contributed by atoms with Crippen molar-refractivity contribution in [2.24, 2.45) is 5.92 Å². The number of carbonyl (C=O) groups is 1. The lowest BCUT2D eigenvalue weighted by atomic mass is 9.90. The van der Waals surface area contributed by atoms with Crippen LogP contribution in [0.2, 0.25) is 0 Å². The van der Waals surface area contributed by atoms with Crippen LogP contribution in [0.1, 0.15) is 64.9 Å². The van der Waals surface area contributed by atoms with Crippen molar-refractivity contribution in [1.82, 2.24) is 19.7 Å². The third kappa shape index (κ3) is 2.66. The molecule has 2 aliphatic rings. The Morgan fingerprint density at radius 3 is 2.96 bits per heavy atom. The molecule has 0 radical (unpaired) electrons. The van der Waals surface area contributed by atoms with Gasteiger partial charge >= 0.3 is 0 Å². The molecule has 0 saturated carbocycles. The molecule has 1 amide bonds. The van der Waals surface area contributed by atoms with Gasteiger partial charge in [-0.15, -0.1) is 21.5 Å². The van der Waals surface area contributed by atoms with E-state index in [-0.39, 0.29) is 5.91 Å². The number of carbonyl (C=O) groups excluding carboxylic acids is 1. The molecule has 2 aromatic rings. The van der Waals surface area contributed by atoms with E-state index >= 15 is 0 Å². The first-order chi connectivity index (χ1) is 11.5. The number of aryl methyl sites for hydroxylation is 1. The molecule has 3 heterocycles. The van der Waals surface area contributed by atoms with Gasteiger partial charge in [-0.2, -0.15) is 0 Å².